The number of benzene rings is 1. The van der Waals surface area contributed by atoms with Gasteiger partial charge in [-0.05, 0) is 62.4 Å². The van der Waals surface area contributed by atoms with Crippen LogP contribution in [0.1, 0.15) is 43.5 Å². The van der Waals surface area contributed by atoms with E-state index in [9.17, 15) is 8.78 Å². The van der Waals surface area contributed by atoms with E-state index >= 15 is 0 Å². The van der Waals surface area contributed by atoms with Crippen molar-refractivity contribution in [1.29, 1.82) is 0 Å². The zero-order chi connectivity index (χ0) is 28.2. The third-order valence-electron chi connectivity index (χ3n) is 8.19. The van der Waals surface area contributed by atoms with E-state index in [1.807, 2.05) is 18.3 Å². The molecule has 0 unspecified atom stereocenters. The first kappa shape index (κ1) is 27.5. The highest BCUT2D eigenvalue weighted by molar-refractivity contribution is 5.78. The topological polar surface area (TPSA) is 84.2 Å². The van der Waals surface area contributed by atoms with Crippen LogP contribution in [0.2, 0.25) is 0 Å². The summed E-state index contributed by atoms with van der Waals surface area (Å²) in [5, 5.41) is 3.45. The number of alkyl halides is 2. The van der Waals surface area contributed by atoms with Crippen molar-refractivity contribution < 1.29 is 13.5 Å². The first-order chi connectivity index (χ1) is 20.0. The van der Waals surface area contributed by atoms with Crippen LogP contribution >= 0.6 is 0 Å². The fraction of sp³-hybridized carbons (Fsp3) is 0.467. The van der Waals surface area contributed by atoms with Gasteiger partial charge in [0.15, 0.2) is 5.82 Å². The number of morpholine rings is 1. The molecule has 6 rings (SSSR count). The van der Waals surface area contributed by atoms with E-state index in [0.717, 1.165) is 38.8 Å². The van der Waals surface area contributed by atoms with Crippen LogP contribution in [0.5, 0.6) is 0 Å². The average molecular weight is 563 g/mol. The number of ether oxygens (including phenoxy) is 1. The monoisotopic (exact) mass is 562 g/mol. The van der Waals surface area contributed by atoms with Gasteiger partial charge in [0.25, 0.3) is 6.43 Å². The van der Waals surface area contributed by atoms with Crippen LogP contribution in [-0.2, 0) is 11.3 Å². The van der Waals surface area contributed by atoms with E-state index in [4.69, 9.17) is 14.7 Å². The van der Waals surface area contributed by atoms with E-state index in [-0.39, 0.29) is 5.82 Å². The van der Waals surface area contributed by atoms with E-state index in [1.54, 1.807) is 30.5 Å². The molecule has 1 saturated carbocycles. The standard InChI is InChI=1S/C30H36F2N8O/c1-38(20-22-5-4-12-33-18-22)23-10-8-21(9-11-23)19-34-30-36-26(39-13-15-41-16-14-39)17-27(37-30)40-25-7-3-2-6-24(25)35-29(40)28(31)32/h2-7,12,17-18,21,23,28H,8-11,13-16,19-20H2,1H3,(H,34,36,37). The van der Waals surface area contributed by atoms with Crippen molar-refractivity contribution >= 4 is 22.8 Å². The van der Waals surface area contributed by atoms with Gasteiger partial charge >= 0.3 is 0 Å². The fourth-order valence-electron chi connectivity index (χ4n) is 5.94. The molecule has 41 heavy (non-hydrogen) atoms. The van der Waals surface area contributed by atoms with Crippen molar-refractivity contribution in [2.24, 2.45) is 5.92 Å². The van der Waals surface area contributed by atoms with Gasteiger partial charge in [-0.3, -0.25) is 14.5 Å². The molecule has 0 atom stereocenters. The lowest BCUT2D eigenvalue weighted by Gasteiger charge is -2.34. The molecule has 1 saturated heterocycles. The van der Waals surface area contributed by atoms with Crippen LogP contribution in [0.4, 0.5) is 20.5 Å². The molecule has 0 bridgehead atoms. The number of pyridine rings is 1. The third-order valence-corrected chi connectivity index (χ3v) is 8.19. The average Bonchev–Trinajstić information content (AvgIpc) is 3.41. The summed E-state index contributed by atoms with van der Waals surface area (Å²) in [5.41, 5.74) is 2.33. The second-order valence-corrected chi connectivity index (χ2v) is 10.9. The number of halogens is 2. The van der Waals surface area contributed by atoms with Gasteiger partial charge in [-0.25, -0.2) is 13.8 Å². The molecule has 1 aliphatic heterocycles. The molecule has 1 aromatic carbocycles. The predicted octanol–water partition coefficient (Wildman–Crippen LogP) is 5.09. The highest BCUT2D eigenvalue weighted by atomic mass is 19.3. The van der Waals surface area contributed by atoms with Crippen LogP contribution in [-0.4, -0.2) is 75.3 Å². The smallest absolute Gasteiger partial charge is 0.296 e. The van der Waals surface area contributed by atoms with Crippen molar-refractivity contribution in [2.45, 2.75) is 44.7 Å². The summed E-state index contributed by atoms with van der Waals surface area (Å²) in [4.78, 5) is 22.5. The molecule has 0 spiro atoms. The first-order valence-electron chi connectivity index (χ1n) is 14.4. The van der Waals surface area contributed by atoms with Crippen LogP contribution < -0.4 is 10.2 Å². The van der Waals surface area contributed by atoms with E-state index in [1.165, 1.54) is 10.1 Å². The minimum atomic E-state index is -2.74. The molecule has 11 heteroatoms. The van der Waals surface area contributed by atoms with Crippen molar-refractivity contribution in [1.82, 2.24) is 29.4 Å². The lowest BCUT2D eigenvalue weighted by atomic mass is 9.85. The van der Waals surface area contributed by atoms with Gasteiger partial charge in [-0.2, -0.15) is 9.97 Å². The number of fused-ring (bicyclic) bond motifs is 1. The Bertz CT molecular complexity index is 1440. The molecular formula is C30H36F2N8O. The summed E-state index contributed by atoms with van der Waals surface area (Å²) < 4.78 is 35.2. The third kappa shape index (κ3) is 6.31. The maximum Gasteiger partial charge on any atom is 0.296 e. The molecule has 216 valence electrons. The largest absolute Gasteiger partial charge is 0.378 e. The number of nitrogens with zero attached hydrogens (tertiary/aromatic N) is 7. The van der Waals surface area contributed by atoms with Crippen molar-refractivity contribution in [3.8, 4) is 5.82 Å². The predicted molar refractivity (Wildman–Crippen MR) is 155 cm³/mol. The van der Waals surface area contributed by atoms with Gasteiger partial charge in [0.1, 0.15) is 11.6 Å². The molecular weight excluding hydrogens is 526 g/mol. The lowest BCUT2D eigenvalue weighted by Crippen LogP contribution is -2.37. The Morgan fingerprint density at radius 1 is 1.00 bits per heavy atom. The molecule has 3 aromatic heterocycles. The summed E-state index contributed by atoms with van der Waals surface area (Å²) in [7, 11) is 2.19. The maximum atomic E-state index is 14.1. The summed E-state index contributed by atoms with van der Waals surface area (Å²) in [5.74, 6) is 1.69. The number of rotatable bonds is 9. The Morgan fingerprint density at radius 2 is 1.78 bits per heavy atom. The summed E-state index contributed by atoms with van der Waals surface area (Å²) in [6.07, 6.45) is 5.46. The zero-order valence-electron chi connectivity index (χ0n) is 23.3. The summed E-state index contributed by atoms with van der Waals surface area (Å²) in [6, 6.07) is 13.6. The quantitative estimate of drug-likeness (QED) is 0.302. The molecule has 2 aliphatic rings. The second kappa shape index (κ2) is 12.4. The van der Waals surface area contributed by atoms with E-state index in [0.29, 0.717) is 66.9 Å². The van der Waals surface area contributed by atoms with Crippen LogP contribution in [0.25, 0.3) is 16.9 Å². The minimum Gasteiger partial charge on any atom is -0.378 e. The molecule has 4 aromatic rings. The number of hydrogen-bond donors (Lipinski definition) is 1. The Balaban J connectivity index is 1.19. The maximum absolute atomic E-state index is 14.1. The molecule has 2 fully saturated rings. The Labute approximate surface area is 238 Å². The molecule has 4 heterocycles. The van der Waals surface area contributed by atoms with Crippen molar-refractivity contribution in [2.75, 3.05) is 50.1 Å². The van der Waals surface area contributed by atoms with Crippen LogP contribution in [0.3, 0.4) is 0 Å². The number of aromatic nitrogens is 5. The molecule has 9 nitrogen and oxygen atoms in total. The Hall–Kier alpha value is -3.70. The number of nitrogens with one attached hydrogen (secondary N) is 1. The number of hydrogen-bond acceptors (Lipinski definition) is 8. The fourth-order valence-corrected chi connectivity index (χ4v) is 5.94. The first-order valence-corrected chi connectivity index (χ1v) is 14.4. The van der Waals surface area contributed by atoms with Crippen LogP contribution in [0, 0.1) is 5.92 Å². The van der Waals surface area contributed by atoms with Gasteiger partial charge in [-0.15, -0.1) is 0 Å². The Morgan fingerprint density at radius 3 is 2.54 bits per heavy atom. The second-order valence-electron chi connectivity index (χ2n) is 10.9. The minimum absolute atomic E-state index is 0.322. The van der Waals surface area contributed by atoms with Gasteiger partial charge in [-0.1, -0.05) is 18.2 Å². The molecule has 0 radical (unpaired) electrons. The summed E-state index contributed by atoms with van der Waals surface area (Å²) >= 11 is 0. The normalized spacial score (nSPS) is 19.8. The number of anilines is 2. The number of imidazole rings is 1. The molecule has 1 N–H and O–H groups in total. The number of para-hydroxylation sites is 2. The molecule has 1 aliphatic carbocycles. The van der Waals surface area contributed by atoms with E-state index < -0.39 is 6.43 Å². The van der Waals surface area contributed by atoms with E-state index in [2.05, 4.69) is 38.2 Å². The Kier molecular flexibility index (Phi) is 8.33. The van der Waals surface area contributed by atoms with Crippen LogP contribution in [0.15, 0.2) is 54.9 Å². The highest BCUT2D eigenvalue weighted by Gasteiger charge is 2.26. The lowest BCUT2D eigenvalue weighted by molar-refractivity contribution is 0.122. The van der Waals surface area contributed by atoms with Gasteiger partial charge in [0.05, 0.1) is 24.2 Å². The van der Waals surface area contributed by atoms with Gasteiger partial charge in [0.2, 0.25) is 5.95 Å². The SMILES string of the molecule is CN(Cc1cccnc1)C1CCC(CNc2nc(N3CCOCC3)cc(-n3c(C(F)F)nc4ccccc43)n2)CC1. The van der Waals surface area contributed by atoms with Crippen molar-refractivity contribution in [3.05, 3.63) is 66.2 Å². The van der Waals surface area contributed by atoms with Gasteiger partial charge in [0, 0.05) is 50.7 Å². The summed E-state index contributed by atoms with van der Waals surface area (Å²) in [6.45, 7) is 4.18. The van der Waals surface area contributed by atoms with Gasteiger partial charge < -0.3 is 15.0 Å². The molecule has 0 amide bonds. The zero-order valence-corrected chi connectivity index (χ0v) is 23.3. The van der Waals surface area contributed by atoms with Crippen molar-refractivity contribution in [3.63, 3.8) is 0 Å². The highest BCUT2D eigenvalue weighted by Crippen LogP contribution is 2.31.